The molecule has 0 saturated carbocycles. The summed E-state index contributed by atoms with van der Waals surface area (Å²) in [6, 6.07) is 2.13. The normalized spacial score (nSPS) is 18.3. The van der Waals surface area contributed by atoms with E-state index in [4.69, 9.17) is 5.26 Å². The molecule has 0 aliphatic carbocycles. The predicted molar refractivity (Wildman–Crippen MR) is 55.7 cm³/mol. The van der Waals surface area contributed by atoms with Crippen LogP contribution in [0.3, 0.4) is 0 Å². The van der Waals surface area contributed by atoms with Crippen molar-refractivity contribution in [3.8, 4) is 6.07 Å². The molecule has 1 aromatic heterocycles. The molecule has 2 nitrogen and oxygen atoms in total. The third-order valence-corrected chi connectivity index (χ3v) is 3.40. The van der Waals surface area contributed by atoms with Crippen molar-refractivity contribution in [2.24, 2.45) is 0 Å². The van der Waals surface area contributed by atoms with Crippen LogP contribution in [0.4, 0.5) is 0 Å². The summed E-state index contributed by atoms with van der Waals surface area (Å²) < 4.78 is 0. The average molecular weight is 188 g/mol. The van der Waals surface area contributed by atoms with Crippen molar-refractivity contribution in [1.82, 2.24) is 4.98 Å². The summed E-state index contributed by atoms with van der Waals surface area (Å²) >= 11 is 0. The minimum Gasteiger partial charge on any atom is -0.248 e. The summed E-state index contributed by atoms with van der Waals surface area (Å²) in [5, 5.41) is 11.8. The van der Waals surface area contributed by atoms with E-state index in [2.05, 4.69) is 16.9 Å². The van der Waals surface area contributed by atoms with E-state index in [0.29, 0.717) is 5.56 Å². The molecule has 1 unspecified atom stereocenters. The van der Waals surface area contributed by atoms with Gasteiger partial charge in [0.15, 0.2) is 0 Å². The molecule has 0 N–H and O–H groups in total. The topological polar surface area (TPSA) is 36.7 Å². The lowest BCUT2D eigenvalue weighted by Gasteiger charge is -2.03. The van der Waals surface area contributed by atoms with E-state index < -0.39 is 0 Å². The van der Waals surface area contributed by atoms with Crippen LogP contribution in [0.1, 0.15) is 16.7 Å². The Morgan fingerprint density at radius 2 is 2.38 bits per heavy atom. The molecule has 1 aliphatic heterocycles. The highest BCUT2D eigenvalue weighted by atomic mass is 32.2. The van der Waals surface area contributed by atoms with Crippen LogP contribution in [0.5, 0.6) is 0 Å². The second-order valence-corrected chi connectivity index (χ2v) is 4.38. The lowest BCUT2D eigenvalue weighted by molar-refractivity contribution is 1.09. The van der Waals surface area contributed by atoms with Crippen LogP contribution in [0.25, 0.3) is 6.08 Å². The van der Waals surface area contributed by atoms with E-state index >= 15 is 0 Å². The maximum Gasteiger partial charge on any atom is 0.101 e. The smallest absolute Gasteiger partial charge is 0.101 e. The summed E-state index contributed by atoms with van der Waals surface area (Å²) in [6.45, 7) is 1.95. The second kappa shape index (κ2) is 2.82. The van der Waals surface area contributed by atoms with Gasteiger partial charge in [0.1, 0.15) is 11.1 Å². The molecule has 0 fully saturated rings. The first-order valence-electron chi connectivity index (χ1n) is 3.84. The van der Waals surface area contributed by atoms with Gasteiger partial charge in [-0.15, -0.1) is 10.5 Å². The van der Waals surface area contributed by atoms with Gasteiger partial charge in [0.2, 0.25) is 0 Å². The number of rotatable bonds is 0. The molecule has 64 valence electrons. The molecule has 1 atom stereocenters. The van der Waals surface area contributed by atoms with Gasteiger partial charge in [0.05, 0.1) is 5.56 Å². The molecule has 0 radical (unpaired) electrons. The molecule has 2 rings (SSSR count). The van der Waals surface area contributed by atoms with Crippen molar-refractivity contribution in [1.29, 1.82) is 5.26 Å². The molecule has 0 amide bonds. The number of aromatic nitrogens is 1. The predicted octanol–water partition coefficient (Wildman–Crippen LogP) is 2.31. The molecule has 0 bridgehead atoms. The first kappa shape index (κ1) is 8.21. The van der Waals surface area contributed by atoms with Crippen LogP contribution in [-0.4, -0.2) is 10.9 Å². The Labute approximate surface area is 79.5 Å². The first-order valence-corrected chi connectivity index (χ1v) is 5.30. The number of fused-ring (bicyclic) bond motifs is 1. The molecule has 0 spiro atoms. The van der Waals surface area contributed by atoms with Crippen LogP contribution < -0.4 is 0 Å². The standard InChI is InChI=1S/C10H8N2S/c1-7-8(5-11)6-12-10-9(7)3-4-13(10)2/h3-4,6H,2H2,1H3. The molecule has 2 heterocycles. The van der Waals surface area contributed by atoms with Crippen LogP contribution >= 0.6 is 10.5 Å². The second-order valence-electron chi connectivity index (χ2n) is 2.86. The molecular formula is C10H8N2S. The Balaban J connectivity index is 2.75. The first-order chi connectivity index (χ1) is 6.24. The highest BCUT2D eigenvalue weighted by Gasteiger charge is 2.13. The Bertz CT molecular complexity index is 467. The molecule has 1 aromatic rings. The monoisotopic (exact) mass is 188 g/mol. The highest BCUT2D eigenvalue weighted by Crippen LogP contribution is 2.37. The van der Waals surface area contributed by atoms with Gasteiger partial charge in [0, 0.05) is 11.8 Å². The summed E-state index contributed by atoms with van der Waals surface area (Å²) in [6.07, 6.45) is 3.64. The zero-order chi connectivity index (χ0) is 9.42. The van der Waals surface area contributed by atoms with Crippen molar-refractivity contribution in [3.63, 3.8) is 0 Å². The minimum atomic E-state index is -0.119. The molecule has 3 heteroatoms. The zero-order valence-electron chi connectivity index (χ0n) is 7.24. The molecule has 0 aromatic carbocycles. The Morgan fingerprint density at radius 1 is 1.62 bits per heavy atom. The van der Waals surface area contributed by atoms with Crippen molar-refractivity contribution in [2.45, 2.75) is 11.9 Å². The third kappa shape index (κ3) is 1.11. The summed E-state index contributed by atoms with van der Waals surface area (Å²) in [5.41, 5.74) is 2.75. The maximum absolute atomic E-state index is 8.79. The quantitative estimate of drug-likeness (QED) is 0.586. The van der Waals surface area contributed by atoms with Gasteiger partial charge in [0.25, 0.3) is 0 Å². The van der Waals surface area contributed by atoms with E-state index in [0.717, 1.165) is 16.2 Å². The Morgan fingerprint density at radius 3 is 3.08 bits per heavy atom. The summed E-state index contributed by atoms with van der Waals surface area (Å²) in [4.78, 5) is 4.24. The lowest BCUT2D eigenvalue weighted by Crippen LogP contribution is -1.91. The third-order valence-electron chi connectivity index (χ3n) is 2.12. The van der Waals surface area contributed by atoms with E-state index in [-0.39, 0.29) is 10.5 Å². The zero-order valence-corrected chi connectivity index (χ0v) is 8.06. The highest BCUT2D eigenvalue weighted by molar-refractivity contribution is 8.17. The van der Waals surface area contributed by atoms with Crippen molar-refractivity contribution in [3.05, 3.63) is 28.3 Å². The minimum absolute atomic E-state index is 0.119. The largest absolute Gasteiger partial charge is 0.248 e. The maximum atomic E-state index is 8.79. The Kier molecular flexibility index (Phi) is 1.78. The van der Waals surface area contributed by atoms with Gasteiger partial charge < -0.3 is 0 Å². The fourth-order valence-electron chi connectivity index (χ4n) is 1.33. The fourth-order valence-corrected chi connectivity index (χ4v) is 2.45. The van der Waals surface area contributed by atoms with Crippen LogP contribution in [0.2, 0.25) is 0 Å². The van der Waals surface area contributed by atoms with E-state index in [1.54, 1.807) is 6.20 Å². The summed E-state index contributed by atoms with van der Waals surface area (Å²) in [7, 11) is -0.119. The molecule has 0 saturated heterocycles. The van der Waals surface area contributed by atoms with Gasteiger partial charge in [-0.1, -0.05) is 5.87 Å². The average Bonchev–Trinajstić information content (AvgIpc) is 2.50. The SMILES string of the molecule is C=S1C=Cc2c1ncc(C#N)c2C. The van der Waals surface area contributed by atoms with Gasteiger partial charge in [-0.05, 0) is 24.0 Å². The number of nitriles is 1. The summed E-state index contributed by atoms with van der Waals surface area (Å²) in [5.74, 6) is 3.97. The molecule has 1 aliphatic rings. The lowest BCUT2D eigenvalue weighted by atomic mass is 10.1. The van der Waals surface area contributed by atoms with Gasteiger partial charge in [-0.25, -0.2) is 4.98 Å². The van der Waals surface area contributed by atoms with Crippen LogP contribution in [0.15, 0.2) is 16.6 Å². The van der Waals surface area contributed by atoms with Crippen LogP contribution in [-0.2, 0) is 0 Å². The van der Waals surface area contributed by atoms with Gasteiger partial charge in [-0.3, -0.25) is 0 Å². The van der Waals surface area contributed by atoms with Crippen molar-refractivity contribution in [2.75, 3.05) is 0 Å². The van der Waals surface area contributed by atoms with E-state index in [1.807, 2.05) is 18.4 Å². The van der Waals surface area contributed by atoms with E-state index in [9.17, 15) is 0 Å². The molecular weight excluding hydrogens is 180 g/mol. The number of pyridine rings is 1. The van der Waals surface area contributed by atoms with Gasteiger partial charge in [-0.2, -0.15) is 5.26 Å². The van der Waals surface area contributed by atoms with Crippen molar-refractivity contribution < 1.29 is 0 Å². The molecule has 13 heavy (non-hydrogen) atoms. The van der Waals surface area contributed by atoms with E-state index in [1.165, 1.54) is 0 Å². The number of hydrogen-bond acceptors (Lipinski definition) is 2. The van der Waals surface area contributed by atoms with Gasteiger partial charge >= 0.3 is 0 Å². The Hall–Kier alpha value is -1.40. The fraction of sp³-hybridized carbons (Fsp3) is 0.100. The number of hydrogen-bond donors (Lipinski definition) is 0. The van der Waals surface area contributed by atoms with Crippen LogP contribution in [0, 0.1) is 18.3 Å². The number of nitrogens with zero attached hydrogens (tertiary/aromatic N) is 2. The van der Waals surface area contributed by atoms with Crippen molar-refractivity contribution >= 4 is 22.4 Å².